The van der Waals surface area contributed by atoms with Gasteiger partial charge in [0, 0.05) is 10.9 Å². The summed E-state index contributed by atoms with van der Waals surface area (Å²) in [6.45, 7) is 2.56. The molecule has 0 spiro atoms. The Hall–Kier alpha value is -3.14. The maximum absolute atomic E-state index is 11.9. The number of carboxylic acids is 1. The molecule has 130 valence electrons. The molecule has 0 unspecified atom stereocenters. The molecule has 0 radical (unpaired) electrons. The summed E-state index contributed by atoms with van der Waals surface area (Å²) in [5, 5.41) is 10.5. The second-order valence-corrected chi connectivity index (χ2v) is 6.28. The van der Waals surface area contributed by atoms with Crippen LogP contribution in [0.5, 0.6) is 5.75 Å². The van der Waals surface area contributed by atoms with Gasteiger partial charge in [-0.1, -0.05) is 36.4 Å². The van der Waals surface area contributed by atoms with Gasteiger partial charge in [0.25, 0.3) is 0 Å². The van der Waals surface area contributed by atoms with Gasteiger partial charge in [0.05, 0.1) is 23.4 Å². The van der Waals surface area contributed by atoms with Gasteiger partial charge in [-0.2, -0.15) is 0 Å². The maximum Gasteiger partial charge on any atom is 0.336 e. The molecule has 1 heterocycles. The van der Waals surface area contributed by atoms with Crippen molar-refractivity contribution >= 4 is 28.5 Å². The number of para-hydroxylation sites is 2. The van der Waals surface area contributed by atoms with E-state index in [2.05, 4.69) is 6.08 Å². The van der Waals surface area contributed by atoms with Crippen molar-refractivity contribution in [2.24, 2.45) is 0 Å². The molecule has 1 N–H and O–H groups in total. The molecule has 4 rings (SSSR count). The molecule has 2 aromatic carbocycles. The molecule has 4 heteroatoms. The number of fused-ring (bicyclic) bond motifs is 2. The molecule has 0 aliphatic heterocycles. The van der Waals surface area contributed by atoms with Gasteiger partial charge in [0.2, 0.25) is 0 Å². The number of hydrogen-bond donors (Lipinski definition) is 1. The minimum Gasteiger partial charge on any atom is -0.493 e. The predicted octanol–water partition coefficient (Wildman–Crippen LogP) is 4.82. The zero-order valence-corrected chi connectivity index (χ0v) is 14.5. The van der Waals surface area contributed by atoms with Gasteiger partial charge in [-0.05, 0) is 49.1 Å². The molecule has 0 atom stereocenters. The van der Waals surface area contributed by atoms with Gasteiger partial charge in [0.15, 0.2) is 0 Å². The van der Waals surface area contributed by atoms with E-state index in [0.717, 1.165) is 40.1 Å². The van der Waals surface area contributed by atoms with Gasteiger partial charge in [-0.25, -0.2) is 9.78 Å². The Labute approximate surface area is 151 Å². The Bertz CT molecular complexity index is 1040. The van der Waals surface area contributed by atoms with Crippen LogP contribution in [-0.2, 0) is 6.42 Å². The molecule has 4 nitrogen and oxygen atoms in total. The largest absolute Gasteiger partial charge is 0.493 e. The Morgan fingerprint density at radius 2 is 1.92 bits per heavy atom. The number of carbonyl (C=O) groups is 1. The molecule has 3 aromatic rings. The van der Waals surface area contributed by atoms with Crippen LogP contribution in [0, 0.1) is 0 Å². The first-order chi connectivity index (χ1) is 12.7. The van der Waals surface area contributed by atoms with Crippen molar-refractivity contribution in [3.8, 4) is 5.75 Å². The molecule has 1 aromatic heterocycles. The Morgan fingerprint density at radius 3 is 2.73 bits per heavy atom. The lowest BCUT2D eigenvalue weighted by molar-refractivity contribution is 0.0698. The first kappa shape index (κ1) is 16.3. The molecule has 0 saturated heterocycles. The summed E-state index contributed by atoms with van der Waals surface area (Å²) < 4.78 is 5.71. The number of ether oxygens (including phenoxy) is 1. The molecule has 1 aliphatic carbocycles. The van der Waals surface area contributed by atoms with Crippen LogP contribution in [0.25, 0.3) is 22.6 Å². The standard InChI is InChI=1S/C22H19NO3/c1-2-26-19-10-6-3-7-14(19)13-15-11-12-17-20(22(24)25)16-8-4-5-9-18(16)23-21(15)17/h3-10,13H,2,11-12H2,1H3,(H,24,25)/b15-13-. The lowest BCUT2D eigenvalue weighted by Gasteiger charge is -2.10. The zero-order chi connectivity index (χ0) is 18.1. The van der Waals surface area contributed by atoms with Gasteiger partial charge < -0.3 is 9.84 Å². The second kappa shape index (κ2) is 6.64. The van der Waals surface area contributed by atoms with Gasteiger partial charge in [-0.3, -0.25) is 0 Å². The van der Waals surface area contributed by atoms with Crippen LogP contribution in [0.2, 0.25) is 0 Å². The van der Waals surface area contributed by atoms with Crippen LogP contribution in [0.15, 0.2) is 48.5 Å². The fourth-order valence-corrected chi connectivity index (χ4v) is 3.60. The van der Waals surface area contributed by atoms with E-state index < -0.39 is 5.97 Å². The SMILES string of the molecule is CCOc1ccccc1/C=C1/CCc2c1nc1ccccc1c2C(=O)O. The summed E-state index contributed by atoms with van der Waals surface area (Å²) >= 11 is 0. The number of aromatic carboxylic acids is 1. The van der Waals surface area contributed by atoms with E-state index >= 15 is 0 Å². The molecule has 0 saturated carbocycles. The average molecular weight is 345 g/mol. The van der Waals surface area contributed by atoms with Crippen molar-refractivity contribution in [2.45, 2.75) is 19.8 Å². The molecule has 26 heavy (non-hydrogen) atoms. The number of allylic oxidation sites excluding steroid dienone is 1. The topological polar surface area (TPSA) is 59.4 Å². The first-order valence-corrected chi connectivity index (χ1v) is 8.76. The van der Waals surface area contributed by atoms with Crippen LogP contribution in [-0.4, -0.2) is 22.7 Å². The highest BCUT2D eigenvalue weighted by Crippen LogP contribution is 2.38. The molecule has 0 bridgehead atoms. The van der Waals surface area contributed by atoms with Gasteiger partial charge in [-0.15, -0.1) is 0 Å². The number of nitrogens with zero attached hydrogens (tertiary/aromatic N) is 1. The monoisotopic (exact) mass is 345 g/mol. The Kier molecular flexibility index (Phi) is 4.17. The number of carboxylic acid groups (broad SMARTS) is 1. The molecule has 0 fully saturated rings. The molecular weight excluding hydrogens is 326 g/mol. The van der Waals surface area contributed by atoms with Crippen molar-refractivity contribution in [2.75, 3.05) is 6.61 Å². The first-order valence-electron chi connectivity index (χ1n) is 8.76. The average Bonchev–Trinajstić information content (AvgIpc) is 3.03. The van der Waals surface area contributed by atoms with E-state index in [1.54, 1.807) is 0 Å². The highest BCUT2D eigenvalue weighted by Gasteiger charge is 2.26. The summed E-state index contributed by atoms with van der Waals surface area (Å²) in [7, 11) is 0. The van der Waals surface area contributed by atoms with E-state index in [9.17, 15) is 9.90 Å². The van der Waals surface area contributed by atoms with Crippen molar-refractivity contribution in [3.63, 3.8) is 0 Å². The third kappa shape index (κ3) is 2.73. The molecule has 0 amide bonds. The quantitative estimate of drug-likeness (QED) is 0.736. The minimum atomic E-state index is -0.893. The van der Waals surface area contributed by atoms with E-state index in [0.29, 0.717) is 24.0 Å². The Balaban J connectivity index is 1.90. The highest BCUT2D eigenvalue weighted by molar-refractivity contribution is 6.06. The van der Waals surface area contributed by atoms with Crippen molar-refractivity contribution in [1.82, 2.24) is 4.98 Å². The van der Waals surface area contributed by atoms with Crippen molar-refractivity contribution < 1.29 is 14.6 Å². The van der Waals surface area contributed by atoms with Crippen LogP contribution < -0.4 is 4.74 Å². The third-order valence-corrected chi connectivity index (χ3v) is 4.70. The van der Waals surface area contributed by atoms with Crippen molar-refractivity contribution in [3.05, 3.63) is 70.9 Å². The summed E-state index contributed by atoms with van der Waals surface area (Å²) in [5.41, 5.74) is 4.77. The predicted molar refractivity (Wildman–Crippen MR) is 103 cm³/mol. The van der Waals surface area contributed by atoms with Crippen LogP contribution in [0.1, 0.15) is 40.5 Å². The lowest BCUT2D eigenvalue weighted by Crippen LogP contribution is -2.05. The zero-order valence-electron chi connectivity index (χ0n) is 14.5. The van der Waals surface area contributed by atoms with Crippen LogP contribution >= 0.6 is 0 Å². The van der Waals surface area contributed by atoms with Crippen LogP contribution in [0.4, 0.5) is 0 Å². The normalized spacial score (nSPS) is 14.6. The van der Waals surface area contributed by atoms with Gasteiger partial charge in [0.1, 0.15) is 5.75 Å². The molecular formula is C22H19NO3. The minimum absolute atomic E-state index is 0.382. The fraction of sp³-hybridized carbons (Fsp3) is 0.182. The van der Waals surface area contributed by atoms with E-state index in [-0.39, 0.29) is 0 Å². The summed E-state index contributed by atoms with van der Waals surface area (Å²) in [6.07, 6.45) is 3.54. The summed E-state index contributed by atoms with van der Waals surface area (Å²) in [4.78, 5) is 16.7. The Morgan fingerprint density at radius 1 is 1.15 bits per heavy atom. The maximum atomic E-state index is 11.9. The number of hydrogen-bond acceptors (Lipinski definition) is 3. The lowest BCUT2D eigenvalue weighted by atomic mass is 10.0. The highest BCUT2D eigenvalue weighted by atomic mass is 16.5. The van der Waals surface area contributed by atoms with E-state index in [1.807, 2.05) is 55.5 Å². The number of rotatable bonds is 4. The van der Waals surface area contributed by atoms with E-state index in [4.69, 9.17) is 9.72 Å². The van der Waals surface area contributed by atoms with Crippen molar-refractivity contribution in [1.29, 1.82) is 0 Å². The van der Waals surface area contributed by atoms with E-state index in [1.165, 1.54) is 0 Å². The summed E-state index contributed by atoms with van der Waals surface area (Å²) in [6, 6.07) is 15.3. The number of aromatic nitrogens is 1. The molecule has 1 aliphatic rings. The summed E-state index contributed by atoms with van der Waals surface area (Å²) in [5.74, 6) is -0.0639. The fourth-order valence-electron chi connectivity index (χ4n) is 3.60. The number of pyridine rings is 1. The smallest absolute Gasteiger partial charge is 0.336 e. The second-order valence-electron chi connectivity index (χ2n) is 6.28. The number of benzene rings is 2. The third-order valence-electron chi connectivity index (χ3n) is 4.70. The van der Waals surface area contributed by atoms with Crippen LogP contribution in [0.3, 0.4) is 0 Å². The van der Waals surface area contributed by atoms with Gasteiger partial charge >= 0.3 is 5.97 Å².